The number of hydrogen-bond acceptors (Lipinski definition) is 7. The number of aryl methyl sites for hydroxylation is 1. The van der Waals surface area contributed by atoms with Crippen molar-refractivity contribution in [1.29, 1.82) is 0 Å². The molecule has 0 bridgehead atoms. The molecule has 0 saturated carbocycles. The second-order valence-corrected chi connectivity index (χ2v) is 10.7. The minimum absolute atomic E-state index is 0.188. The lowest BCUT2D eigenvalue weighted by atomic mass is 10.0. The first-order valence-corrected chi connectivity index (χ1v) is 14.4. The molecular formula is C31H32N4O4S. The number of rotatable bonds is 12. The van der Waals surface area contributed by atoms with Gasteiger partial charge in [0.25, 0.3) is 5.91 Å². The Morgan fingerprint density at radius 1 is 0.900 bits per heavy atom. The molecule has 1 unspecified atom stereocenters. The van der Waals surface area contributed by atoms with Crippen LogP contribution in [0.2, 0.25) is 0 Å². The fourth-order valence-electron chi connectivity index (χ4n) is 4.49. The molecular weight excluding hydrogens is 524 g/mol. The number of unbranched alkanes of at least 4 members (excludes halogenated alkanes) is 3. The summed E-state index contributed by atoms with van der Waals surface area (Å²) in [5.74, 6) is 0.668. The first-order chi connectivity index (χ1) is 19.6. The summed E-state index contributed by atoms with van der Waals surface area (Å²) in [6.45, 7) is 2.39. The van der Waals surface area contributed by atoms with Crippen LogP contribution >= 0.6 is 11.3 Å². The van der Waals surface area contributed by atoms with Crippen molar-refractivity contribution in [2.45, 2.75) is 51.5 Å². The summed E-state index contributed by atoms with van der Waals surface area (Å²) < 4.78 is 10.8. The number of carbonyl (C=O) groups excluding carboxylic acids is 2. The van der Waals surface area contributed by atoms with Crippen LogP contribution in [0.3, 0.4) is 0 Å². The molecule has 0 fully saturated rings. The van der Waals surface area contributed by atoms with Crippen molar-refractivity contribution in [3.8, 4) is 22.1 Å². The highest BCUT2D eigenvalue weighted by Gasteiger charge is 2.24. The van der Waals surface area contributed by atoms with Gasteiger partial charge in [0.15, 0.2) is 11.5 Å². The Hall–Kier alpha value is -4.24. The summed E-state index contributed by atoms with van der Waals surface area (Å²) in [7, 11) is 0. The van der Waals surface area contributed by atoms with Gasteiger partial charge >= 0.3 is 0 Å². The van der Waals surface area contributed by atoms with Crippen molar-refractivity contribution in [2.75, 3.05) is 12.1 Å². The van der Waals surface area contributed by atoms with E-state index in [1.807, 2.05) is 72.8 Å². The zero-order valence-corrected chi connectivity index (χ0v) is 23.2. The van der Waals surface area contributed by atoms with Crippen LogP contribution in [0.25, 0.3) is 10.6 Å². The number of benzene rings is 3. The van der Waals surface area contributed by atoms with E-state index in [0.29, 0.717) is 33.6 Å². The predicted octanol–water partition coefficient (Wildman–Crippen LogP) is 6.04. The average Bonchev–Trinajstić information content (AvgIpc) is 3.65. The average molecular weight is 557 g/mol. The highest BCUT2D eigenvalue weighted by molar-refractivity contribution is 7.18. The lowest BCUT2D eigenvalue weighted by molar-refractivity contribution is -0.118. The molecule has 3 aromatic carbocycles. The van der Waals surface area contributed by atoms with Crippen LogP contribution in [0, 0.1) is 0 Å². The van der Waals surface area contributed by atoms with E-state index in [2.05, 4.69) is 27.8 Å². The molecule has 5 rings (SSSR count). The molecule has 0 radical (unpaired) electrons. The van der Waals surface area contributed by atoms with Crippen molar-refractivity contribution < 1.29 is 19.1 Å². The number of nitrogens with one attached hydrogen (secondary N) is 2. The number of anilines is 1. The van der Waals surface area contributed by atoms with Crippen molar-refractivity contribution in [3.63, 3.8) is 0 Å². The third-order valence-electron chi connectivity index (χ3n) is 6.71. The maximum absolute atomic E-state index is 13.4. The van der Waals surface area contributed by atoms with Crippen LogP contribution in [-0.2, 0) is 17.6 Å². The Morgan fingerprint density at radius 2 is 1.70 bits per heavy atom. The van der Waals surface area contributed by atoms with Gasteiger partial charge in [-0.2, -0.15) is 0 Å². The monoisotopic (exact) mass is 556 g/mol. The first kappa shape index (κ1) is 27.3. The molecule has 1 atom stereocenters. The quantitative estimate of drug-likeness (QED) is 0.206. The molecule has 2 amide bonds. The number of nitrogens with zero attached hydrogens (tertiary/aromatic N) is 2. The lowest BCUT2D eigenvalue weighted by Crippen LogP contribution is -2.45. The summed E-state index contributed by atoms with van der Waals surface area (Å²) in [5.41, 5.74) is 3.47. The summed E-state index contributed by atoms with van der Waals surface area (Å²) in [6, 6.07) is 22.0. The molecule has 0 aliphatic carbocycles. The summed E-state index contributed by atoms with van der Waals surface area (Å²) in [6.07, 6.45) is 6.13. The smallest absolute Gasteiger partial charge is 0.251 e. The molecule has 9 heteroatoms. The van der Waals surface area contributed by atoms with E-state index in [1.54, 1.807) is 0 Å². The van der Waals surface area contributed by atoms with Crippen LogP contribution in [0.4, 0.5) is 5.13 Å². The normalized spacial score (nSPS) is 12.6. The van der Waals surface area contributed by atoms with Gasteiger partial charge in [-0.3, -0.25) is 14.9 Å². The molecule has 8 nitrogen and oxygen atoms in total. The van der Waals surface area contributed by atoms with E-state index < -0.39 is 6.04 Å². The number of carbonyl (C=O) groups is 2. The second kappa shape index (κ2) is 13.2. The number of fused-ring (bicyclic) bond motifs is 1. The molecule has 1 aliphatic rings. The SMILES string of the molecule is CCCCCCc1ccc(C(=O)NC(Cc2ccccc2)C(=O)Nc2nnc(-c3ccc4c(c3)OCO4)s2)cc1. The van der Waals surface area contributed by atoms with Gasteiger partial charge < -0.3 is 14.8 Å². The zero-order chi connectivity index (χ0) is 27.7. The number of ether oxygens (including phenoxy) is 2. The second-order valence-electron chi connectivity index (χ2n) is 9.69. The maximum Gasteiger partial charge on any atom is 0.251 e. The van der Waals surface area contributed by atoms with Crippen LogP contribution in [0.1, 0.15) is 54.1 Å². The van der Waals surface area contributed by atoms with Crippen molar-refractivity contribution in [3.05, 3.63) is 89.5 Å². The summed E-state index contributed by atoms with van der Waals surface area (Å²) in [4.78, 5) is 26.5. The molecule has 2 heterocycles. The van der Waals surface area contributed by atoms with Crippen molar-refractivity contribution >= 4 is 28.3 Å². The van der Waals surface area contributed by atoms with Gasteiger partial charge in [-0.25, -0.2) is 0 Å². The van der Waals surface area contributed by atoms with Gasteiger partial charge in [-0.05, 0) is 54.3 Å². The Kier molecular flexibility index (Phi) is 9.03. The van der Waals surface area contributed by atoms with Crippen LogP contribution in [0.15, 0.2) is 72.8 Å². The molecule has 1 aliphatic heterocycles. The minimum atomic E-state index is -0.804. The molecule has 0 saturated heterocycles. The Labute approximate surface area is 237 Å². The van der Waals surface area contributed by atoms with E-state index in [-0.39, 0.29) is 18.6 Å². The third kappa shape index (κ3) is 7.04. The first-order valence-electron chi connectivity index (χ1n) is 13.6. The van der Waals surface area contributed by atoms with Crippen LogP contribution in [0.5, 0.6) is 11.5 Å². The van der Waals surface area contributed by atoms with E-state index in [1.165, 1.54) is 36.2 Å². The van der Waals surface area contributed by atoms with E-state index in [4.69, 9.17) is 9.47 Å². The van der Waals surface area contributed by atoms with Gasteiger partial charge in [-0.15, -0.1) is 10.2 Å². The molecule has 1 aromatic heterocycles. The summed E-state index contributed by atoms with van der Waals surface area (Å²) in [5, 5.41) is 15.1. The van der Waals surface area contributed by atoms with Crippen molar-refractivity contribution in [2.24, 2.45) is 0 Å². The molecule has 206 valence electrons. The minimum Gasteiger partial charge on any atom is -0.454 e. The highest BCUT2D eigenvalue weighted by atomic mass is 32.1. The fraction of sp³-hybridized carbons (Fsp3) is 0.290. The number of hydrogen-bond donors (Lipinski definition) is 2. The summed E-state index contributed by atoms with van der Waals surface area (Å²) >= 11 is 1.25. The predicted molar refractivity (Wildman–Crippen MR) is 156 cm³/mol. The highest BCUT2D eigenvalue weighted by Crippen LogP contribution is 2.37. The Morgan fingerprint density at radius 3 is 2.50 bits per heavy atom. The van der Waals surface area contributed by atoms with Gasteiger partial charge in [0.05, 0.1) is 0 Å². The van der Waals surface area contributed by atoms with E-state index in [0.717, 1.165) is 24.0 Å². The van der Waals surface area contributed by atoms with Crippen LogP contribution < -0.4 is 20.1 Å². The van der Waals surface area contributed by atoms with Gasteiger partial charge in [0.1, 0.15) is 11.0 Å². The number of amides is 2. The van der Waals surface area contributed by atoms with Crippen LogP contribution in [-0.4, -0.2) is 34.8 Å². The molecule has 0 spiro atoms. The topological polar surface area (TPSA) is 102 Å². The Bertz CT molecular complexity index is 1440. The molecule has 4 aromatic rings. The molecule has 40 heavy (non-hydrogen) atoms. The largest absolute Gasteiger partial charge is 0.454 e. The zero-order valence-electron chi connectivity index (χ0n) is 22.4. The standard InChI is InChI=1S/C31H32N4O4S/c1-2-3-4-6-9-21-12-14-23(15-13-21)28(36)32-25(18-22-10-7-5-8-11-22)29(37)33-31-35-34-30(40-31)24-16-17-26-27(19-24)39-20-38-26/h5,7-8,10-17,19,25H,2-4,6,9,18,20H2,1H3,(H,32,36)(H,33,35,37). The Balaban J connectivity index is 1.26. The van der Waals surface area contributed by atoms with Gasteiger partial charge in [0.2, 0.25) is 17.8 Å². The van der Waals surface area contributed by atoms with Gasteiger partial charge in [0, 0.05) is 17.5 Å². The van der Waals surface area contributed by atoms with E-state index in [9.17, 15) is 9.59 Å². The molecule has 2 N–H and O–H groups in total. The third-order valence-corrected chi connectivity index (χ3v) is 7.60. The van der Waals surface area contributed by atoms with Crippen molar-refractivity contribution in [1.82, 2.24) is 15.5 Å². The van der Waals surface area contributed by atoms with E-state index >= 15 is 0 Å². The number of aromatic nitrogens is 2. The van der Waals surface area contributed by atoms with Gasteiger partial charge in [-0.1, -0.05) is 80.0 Å². The fourth-order valence-corrected chi connectivity index (χ4v) is 5.23. The lowest BCUT2D eigenvalue weighted by Gasteiger charge is -2.18. The maximum atomic E-state index is 13.4.